The molecule has 0 aromatic heterocycles. The zero-order chi connectivity index (χ0) is 35.1. The second-order valence-electron chi connectivity index (χ2n) is 14.9. The topological polar surface area (TPSA) is 141 Å². The average molecular weight is 671 g/mol. The Kier molecular flexibility index (Phi) is 10.9. The number of hydrogen-bond donors (Lipinski definition) is 3. The van der Waals surface area contributed by atoms with Gasteiger partial charge in [0, 0.05) is 18.8 Å². The molecule has 0 amide bonds. The number of aliphatic hydroxyl groups excluding tert-OH is 2. The summed E-state index contributed by atoms with van der Waals surface area (Å²) >= 11 is 0. The van der Waals surface area contributed by atoms with E-state index in [1.165, 1.54) is 0 Å². The van der Waals surface area contributed by atoms with Gasteiger partial charge in [-0.05, 0) is 68.7 Å². The second-order valence-corrected chi connectivity index (χ2v) is 14.9. The highest BCUT2D eigenvalue weighted by molar-refractivity contribution is 5.78. The Labute approximate surface area is 284 Å². The maximum atomic E-state index is 14.1. The molecule has 3 N–H and O–H groups in total. The Bertz CT molecular complexity index is 1390. The number of hydrogen-bond acceptors (Lipinski definition) is 10. The molecule has 4 aliphatic heterocycles. The van der Waals surface area contributed by atoms with Gasteiger partial charge in [-0.25, -0.2) is 0 Å². The zero-order valence-electron chi connectivity index (χ0n) is 29.5. The van der Waals surface area contributed by atoms with E-state index in [-0.39, 0.29) is 42.9 Å². The first-order valence-electron chi connectivity index (χ1n) is 17.4. The van der Waals surface area contributed by atoms with E-state index in [1.807, 2.05) is 52.8 Å². The fourth-order valence-electron chi connectivity index (χ4n) is 7.83. The molecule has 10 heteroatoms. The van der Waals surface area contributed by atoms with Crippen molar-refractivity contribution in [1.29, 1.82) is 0 Å². The molecule has 10 nitrogen and oxygen atoms in total. The van der Waals surface area contributed by atoms with Gasteiger partial charge in [0.15, 0.2) is 5.79 Å². The second kappa shape index (κ2) is 14.3. The van der Waals surface area contributed by atoms with Gasteiger partial charge in [-0.2, -0.15) is 0 Å². The highest BCUT2D eigenvalue weighted by Gasteiger charge is 2.60. The van der Waals surface area contributed by atoms with Crippen LogP contribution >= 0.6 is 0 Å². The van der Waals surface area contributed by atoms with Crippen molar-refractivity contribution in [2.24, 2.45) is 23.7 Å². The molecule has 1 aliphatic carbocycles. The lowest BCUT2D eigenvalue weighted by Gasteiger charge is -2.52. The number of fused-ring (bicyclic) bond motifs is 2. The summed E-state index contributed by atoms with van der Waals surface area (Å²) in [6, 6.07) is 0. The quantitative estimate of drug-likeness (QED) is 0.288. The number of aliphatic hydroxyl groups is 3. The van der Waals surface area contributed by atoms with Crippen LogP contribution in [0.4, 0.5) is 0 Å². The standard InChI is InChI=1S/C38H54O10/c1-9-21(4)33-25(8)16-30(39)37(48-33)18-28-17-27(47-37)14-13-23(6)32(46-35(41)20(2)3)22(5)11-10-12-26-19-44-34-31(40)24(7)15-29(36(42)45-28)38(26,34)43/h9-13,15,20,22,25,27-34,39-40,43H,14,16-19H2,1-8H3. The van der Waals surface area contributed by atoms with Gasteiger partial charge in [0.05, 0.1) is 24.7 Å². The molecule has 0 aromatic carbocycles. The fourth-order valence-corrected chi connectivity index (χ4v) is 7.83. The van der Waals surface area contributed by atoms with Gasteiger partial charge in [0.2, 0.25) is 0 Å². The van der Waals surface area contributed by atoms with E-state index < -0.39 is 59.9 Å². The molecule has 48 heavy (non-hydrogen) atoms. The van der Waals surface area contributed by atoms with E-state index in [1.54, 1.807) is 39.0 Å². The number of esters is 2. The molecule has 2 bridgehead atoms. The summed E-state index contributed by atoms with van der Waals surface area (Å²) < 4.78 is 31.5. The van der Waals surface area contributed by atoms with E-state index in [0.717, 1.165) is 11.1 Å². The van der Waals surface area contributed by atoms with Gasteiger partial charge in [0.25, 0.3) is 0 Å². The fraction of sp³-hybridized carbons (Fsp3) is 0.684. The summed E-state index contributed by atoms with van der Waals surface area (Å²) in [5, 5.41) is 34.8. The predicted octanol–water partition coefficient (Wildman–Crippen LogP) is 4.63. The van der Waals surface area contributed by atoms with Crippen LogP contribution in [0.3, 0.4) is 0 Å². The van der Waals surface area contributed by atoms with Gasteiger partial charge in [0.1, 0.15) is 42.0 Å². The van der Waals surface area contributed by atoms with Crippen molar-refractivity contribution in [3.8, 4) is 0 Å². The Morgan fingerprint density at radius 3 is 2.52 bits per heavy atom. The van der Waals surface area contributed by atoms with Crippen molar-refractivity contribution in [2.45, 2.75) is 135 Å². The Morgan fingerprint density at radius 1 is 1.10 bits per heavy atom. The highest BCUT2D eigenvalue weighted by atomic mass is 16.7. The lowest BCUT2D eigenvalue weighted by atomic mass is 9.71. The Morgan fingerprint density at radius 2 is 1.83 bits per heavy atom. The normalized spacial score (nSPS) is 42.5. The van der Waals surface area contributed by atoms with Crippen LogP contribution in [-0.2, 0) is 33.3 Å². The predicted molar refractivity (Wildman–Crippen MR) is 178 cm³/mol. The van der Waals surface area contributed by atoms with Crippen molar-refractivity contribution in [2.75, 3.05) is 6.61 Å². The monoisotopic (exact) mass is 670 g/mol. The van der Waals surface area contributed by atoms with E-state index in [4.69, 9.17) is 23.7 Å². The van der Waals surface area contributed by atoms with E-state index in [0.29, 0.717) is 30.4 Å². The summed E-state index contributed by atoms with van der Waals surface area (Å²) in [6.45, 7) is 15.1. The van der Waals surface area contributed by atoms with Crippen molar-refractivity contribution >= 4 is 11.9 Å². The van der Waals surface area contributed by atoms with E-state index in [2.05, 4.69) is 0 Å². The molecule has 5 rings (SSSR count). The number of carbonyl (C=O) groups excluding carboxylic acids is 2. The van der Waals surface area contributed by atoms with Crippen LogP contribution in [0.15, 0.2) is 58.7 Å². The third-order valence-electron chi connectivity index (χ3n) is 10.9. The molecule has 5 aliphatic rings. The van der Waals surface area contributed by atoms with Gasteiger partial charge < -0.3 is 39.0 Å². The van der Waals surface area contributed by atoms with E-state index >= 15 is 0 Å². The molecule has 0 saturated carbocycles. The van der Waals surface area contributed by atoms with Gasteiger partial charge in [-0.3, -0.25) is 9.59 Å². The summed E-state index contributed by atoms with van der Waals surface area (Å²) in [5.74, 6) is -4.08. The Hall–Kier alpha value is -2.60. The van der Waals surface area contributed by atoms with Crippen LogP contribution in [-0.4, -0.2) is 88.0 Å². The molecular formula is C38H54O10. The zero-order valence-corrected chi connectivity index (χ0v) is 29.5. The maximum absolute atomic E-state index is 14.1. The minimum Gasteiger partial charge on any atom is -0.462 e. The van der Waals surface area contributed by atoms with Crippen LogP contribution in [0.1, 0.15) is 81.1 Å². The first-order valence-corrected chi connectivity index (χ1v) is 17.4. The van der Waals surface area contributed by atoms with Crippen LogP contribution in [0.25, 0.3) is 0 Å². The number of carbonyl (C=O) groups is 2. The first-order chi connectivity index (χ1) is 22.6. The molecule has 3 fully saturated rings. The van der Waals surface area contributed by atoms with Crippen LogP contribution in [0.2, 0.25) is 0 Å². The van der Waals surface area contributed by atoms with Crippen molar-refractivity contribution < 1.29 is 48.6 Å². The number of rotatable bonds is 3. The minimum atomic E-state index is -1.85. The number of ether oxygens (including phenoxy) is 5. The first kappa shape index (κ1) is 36.7. The van der Waals surface area contributed by atoms with Crippen LogP contribution < -0.4 is 0 Å². The molecule has 4 heterocycles. The van der Waals surface area contributed by atoms with Gasteiger partial charge in [-0.15, -0.1) is 0 Å². The number of allylic oxidation sites excluding steroid dienone is 3. The summed E-state index contributed by atoms with van der Waals surface area (Å²) in [7, 11) is 0. The largest absolute Gasteiger partial charge is 0.462 e. The van der Waals surface area contributed by atoms with Crippen LogP contribution in [0, 0.1) is 23.7 Å². The SMILES string of the molecule is CC=C(C)C1OC2(CC3CC(CC=C(C)C(OC(=O)C(C)C)C(C)C=CC=C4COC5C(O)C(C)=CC(C(=O)O3)C45O)O2)C(O)CC1C. The molecule has 0 aromatic rings. The molecular weight excluding hydrogens is 616 g/mol. The molecule has 266 valence electrons. The van der Waals surface area contributed by atoms with Crippen molar-refractivity contribution in [1.82, 2.24) is 0 Å². The summed E-state index contributed by atoms with van der Waals surface area (Å²) in [5.41, 5.74) is 0.935. The average Bonchev–Trinajstić information content (AvgIpc) is 3.37. The highest BCUT2D eigenvalue weighted by Crippen LogP contribution is 2.48. The van der Waals surface area contributed by atoms with Crippen molar-refractivity contribution in [3.05, 3.63) is 58.7 Å². The minimum absolute atomic E-state index is 0.0128. The maximum Gasteiger partial charge on any atom is 0.316 e. The third-order valence-corrected chi connectivity index (χ3v) is 10.9. The lowest BCUT2D eigenvalue weighted by molar-refractivity contribution is -0.363. The smallest absolute Gasteiger partial charge is 0.316 e. The lowest BCUT2D eigenvalue weighted by Crippen LogP contribution is -2.62. The van der Waals surface area contributed by atoms with Gasteiger partial charge >= 0.3 is 11.9 Å². The summed E-state index contributed by atoms with van der Waals surface area (Å²) in [6.07, 6.45) is 6.94. The van der Waals surface area contributed by atoms with E-state index in [9.17, 15) is 24.9 Å². The third kappa shape index (κ3) is 6.89. The van der Waals surface area contributed by atoms with Crippen molar-refractivity contribution in [3.63, 3.8) is 0 Å². The molecule has 0 radical (unpaired) electrons. The molecule has 3 saturated heterocycles. The molecule has 1 spiro atoms. The van der Waals surface area contributed by atoms with Gasteiger partial charge in [-0.1, -0.05) is 64.2 Å². The molecule has 12 unspecified atom stereocenters. The summed E-state index contributed by atoms with van der Waals surface area (Å²) in [4.78, 5) is 26.9. The van der Waals surface area contributed by atoms with Crippen LogP contribution in [0.5, 0.6) is 0 Å². The Balaban J connectivity index is 1.59. The molecule has 12 atom stereocenters.